The summed E-state index contributed by atoms with van der Waals surface area (Å²) in [5, 5.41) is 9.70. The first-order chi connectivity index (χ1) is 7.40. The Morgan fingerprint density at radius 2 is 2.07 bits per heavy atom. The molecule has 3 heteroatoms. The highest BCUT2D eigenvalue weighted by atomic mass is 32.2. The van der Waals surface area contributed by atoms with E-state index >= 15 is 0 Å². The summed E-state index contributed by atoms with van der Waals surface area (Å²) >= 11 is 1.64. The van der Waals surface area contributed by atoms with Crippen LogP contribution >= 0.6 is 11.8 Å². The number of hydrogen-bond acceptors (Lipinski definition) is 2. The van der Waals surface area contributed by atoms with Crippen molar-refractivity contribution in [3.63, 3.8) is 0 Å². The SMILES string of the molecule is N#Cn1[c]ccc1SCc1ccccc1. The number of aromatic nitrogens is 1. The fraction of sp³-hybridized carbons (Fsp3) is 0.0833. The molecule has 1 aromatic heterocycles. The standard InChI is InChI=1S/C12H9N2S/c13-10-14-8-4-7-12(14)15-9-11-5-2-1-3-6-11/h1-7H,9H2. The largest absolute Gasteiger partial charge is 0.239 e. The van der Waals surface area contributed by atoms with E-state index in [0.29, 0.717) is 0 Å². The summed E-state index contributed by atoms with van der Waals surface area (Å²) in [6.45, 7) is 0. The van der Waals surface area contributed by atoms with E-state index in [9.17, 15) is 0 Å². The Morgan fingerprint density at radius 1 is 1.27 bits per heavy atom. The van der Waals surface area contributed by atoms with Crippen molar-refractivity contribution in [3.8, 4) is 6.19 Å². The van der Waals surface area contributed by atoms with Crippen molar-refractivity contribution in [2.45, 2.75) is 10.8 Å². The molecular formula is C12H9N2S. The molecule has 0 spiro atoms. The third-order valence-electron chi connectivity index (χ3n) is 1.98. The fourth-order valence-electron chi connectivity index (χ4n) is 1.24. The fourth-order valence-corrected chi connectivity index (χ4v) is 2.14. The lowest BCUT2D eigenvalue weighted by Crippen LogP contribution is -1.88. The summed E-state index contributed by atoms with van der Waals surface area (Å²) in [4.78, 5) is 0. The second-order valence-electron chi connectivity index (χ2n) is 3.01. The number of nitrogens with zero attached hydrogens (tertiary/aromatic N) is 2. The highest BCUT2D eigenvalue weighted by Gasteiger charge is 2.01. The van der Waals surface area contributed by atoms with Gasteiger partial charge in [-0.1, -0.05) is 30.3 Å². The van der Waals surface area contributed by atoms with Crippen LogP contribution in [0.25, 0.3) is 0 Å². The Balaban J connectivity index is 2.03. The minimum atomic E-state index is 0.875. The molecule has 0 amide bonds. The lowest BCUT2D eigenvalue weighted by atomic mass is 10.2. The molecule has 2 aromatic rings. The highest BCUT2D eigenvalue weighted by Crippen LogP contribution is 2.22. The molecule has 2 nitrogen and oxygen atoms in total. The molecule has 73 valence electrons. The first kappa shape index (κ1) is 9.88. The third-order valence-corrected chi connectivity index (χ3v) is 3.07. The van der Waals surface area contributed by atoms with Gasteiger partial charge in [-0.2, -0.15) is 5.26 Å². The Kier molecular flexibility index (Phi) is 3.11. The van der Waals surface area contributed by atoms with Crippen molar-refractivity contribution < 1.29 is 0 Å². The number of rotatable bonds is 3. The van der Waals surface area contributed by atoms with Crippen molar-refractivity contribution in [2.75, 3.05) is 0 Å². The average molecular weight is 213 g/mol. The first-order valence-electron chi connectivity index (χ1n) is 4.56. The number of hydrogen-bond donors (Lipinski definition) is 0. The summed E-state index contributed by atoms with van der Waals surface area (Å²) < 4.78 is 1.45. The minimum Gasteiger partial charge on any atom is -0.239 e. The predicted molar refractivity (Wildman–Crippen MR) is 60.3 cm³/mol. The maximum absolute atomic E-state index is 8.77. The van der Waals surface area contributed by atoms with Gasteiger partial charge in [-0.25, -0.2) is 4.57 Å². The molecule has 2 rings (SSSR count). The molecule has 0 unspecified atom stereocenters. The normalized spacial score (nSPS) is 9.80. The molecule has 0 N–H and O–H groups in total. The molecule has 15 heavy (non-hydrogen) atoms. The lowest BCUT2D eigenvalue weighted by molar-refractivity contribution is 0.967. The second-order valence-corrected chi connectivity index (χ2v) is 4.01. The maximum Gasteiger partial charge on any atom is 0.189 e. The molecule has 0 aliphatic heterocycles. The molecule has 0 aliphatic rings. The van der Waals surface area contributed by atoms with Crippen LogP contribution < -0.4 is 0 Å². The van der Waals surface area contributed by atoms with E-state index in [2.05, 4.69) is 24.5 Å². The van der Waals surface area contributed by atoms with E-state index in [1.807, 2.05) is 24.3 Å². The van der Waals surface area contributed by atoms with Gasteiger partial charge in [-0.05, 0) is 17.7 Å². The van der Waals surface area contributed by atoms with Gasteiger partial charge in [-0.3, -0.25) is 0 Å². The molecule has 1 radical (unpaired) electrons. The van der Waals surface area contributed by atoms with E-state index in [1.54, 1.807) is 17.8 Å². The van der Waals surface area contributed by atoms with Crippen LogP contribution in [0.1, 0.15) is 5.56 Å². The van der Waals surface area contributed by atoms with Crippen LogP contribution in [0.4, 0.5) is 0 Å². The average Bonchev–Trinajstić information content (AvgIpc) is 2.75. The van der Waals surface area contributed by atoms with Gasteiger partial charge < -0.3 is 0 Å². The Labute approximate surface area is 93.2 Å². The van der Waals surface area contributed by atoms with Crippen molar-refractivity contribution in [2.24, 2.45) is 0 Å². The van der Waals surface area contributed by atoms with Gasteiger partial charge in [0.1, 0.15) is 0 Å². The van der Waals surface area contributed by atoms with E-state index in [-0.39, 0.29) is 0 Å². The summed E-state index contributed by atoms with van der Waals surface area (Å²) in [6, 6.07) is 13.9. The predicted octanol–water partition coefficient (Wildman–Crippen LogP) is 2.91. The maximum atomic E-state index is 8.77. The Hall–Kier alpha value is -1.66. The summed E-state index contributed by atoms with van der Waals surface area (Å²) in [5.41, 5.74) is 1.26. The first-order valence-corrected chi connectivity index (χ1v) is 5.55. The van der Waals surface area contributed by atoms with Crippen LogP contribution in [0, 0.1) is 17.7 Å². The van der Waals surface area contributed by atoms with Crippen molar-refractivity contribution in [3.05, 3.63) is 54.2 Å². The van der Waals surface area contributed by atoms with Crippen LogP contribution in [-0.2, 0) is 5.75 Å². The molecule has 0 fully saturated rings. The van der Waals surface area contributed by atoms with Gasteiger partial charge in [0.05, 0.1) is 11.2 Å². The summed E-state index contributed by atoms with van der Waals surface area (Å²) in [7, 11) is 0. The topological polar surface area (TPSA) is 28.7 Å². The van der Waals surface area contributed by atoms with Crippen molar-refractivity contribution in [1.82, 2.24) is 4.57 Å². The summed E-state index contributed by atoms with van der Waals surface area (Å²) in [5.74, 6) is 0.875. The van der Waals surface area contributed by atoms with Gasteiger partial charge in [0, 0.05) is 5.75 Å². The van der Waals surface area contributed by atoms with E-state index < -0.39 is 0 Å². The van der Waals surface area contributed by atoms with Crippen LogP contribution in [0.2, 0.25) is 0 Å². The number of thioether (sulfide) groups is 1. The smallest absolute Gasteiger partial charge is 0.189 e. The quantitative estimate of drug-likeness (QED) is 0.733. The van der Waals surface area contributed by atoms with Gasteiger partial charge in [0.2, 0.25) is 0 Å². The molecule has 0 atom stereocenters. The molecule has 1 aromatic carbocycles. The van der Waals surface area contributed by atoms with Gasteiger partial charge in [0.25, 0.3) is 0 Å². The molecule has 0 saturated heterocycles. The molecule has 0 saturated carbocycles. The number of benzene rings is 1. The molecule has 0 aliphatic carbocycles. The van der Waals surface area contributed by atoms with Gasteiger partial charge in [0.15, 0.2) is 6.19 Å². The molecule has 0 bridgehead atoms. The number of nitriles is 1. The van der Waals surface area contributed by atoms with Crippen LogP contribution in [-0.4, -0.2) is 4.57 Å². The van der Waals surface area contributed by atoms with E-state index in [0.717, 1.165) is 10.8 Å². The third kappa shape index (κ3) is 2.42. The monoisotopic (exact) mass is 213 g/mol. The van der Waals surface area contributed by atoms with E-state index in [1.165, 1.54) is 10.1 Å². The van der Waals surface area contributed by atoms with E-state index in [4.69, 9.17) is 5.26 Å². The lowest BCUT2D eigenvalue weighted by Gasteiger charge is -2.00. The van der Waals surface area contributed by atoms with Crippen LogP contribution in [0.15, 0.2) is 47.5 Å². The van der Waals surface area contributed by atoms with Gasteiger partial charge in [-0.15, -0.1) is 11.8 Å². The highest BCUT2D eigenvalue weighted by molar-refractivity contribution is 7.98. The second kappa shape index (κ2) is 4.72. The summed E-state index contributed by atoms with van der Waals surface area (Å²) in [6.07, 6.45) is 4.88. The zero-order valence-electron chi connectivity index (χ0n) is 8.05. The molecule has 1 heterocycles. The Bertz CT molecular complexity index is 468. The van der Waals surface area contributed by atoms with Crippen LogP contribution in [0.3, 0.4) is 0 Å². The minimum absolute atomic E-state index is 0.875. The Morgan fingerprint density at radius 3 is 2.80 bits per heavy atom. The van der Waals surface area contributed by atoms with Crippen molar-refractivity contribution >= 4 is 11.8 Å². The van der Waals surface area contributed by atoms with Gasteiger partial charge >= 0.3 is 0 Å². The zero-order valence-corrected chi connectivity index (χ0v) is 8.87. The van der Waals surface area contributed by atoms with Crippen LogP contribution in [0.5, 0.6) is 0 Å². The molecular weight excluding hydrogens is 204 g/mol. The van der Waals surface area contributed by atoms with Crippen molar-refractivity contribution in [1.29, 1.82) is 5.26 Å². The zero-order chi connectivity index (χ0) is 10.5.